The maximum Gasteiger partial charge on any atom is 0.229 e. The second-order valence-corrected chi connectivity index (χ2v) is 5.17. The van der Waals surface area contributed by atoms with E-state index in [4.69, 9.17) is 14.2 Å². The first-order valence-corrected chi connectivity index (χ1v) is 7.60. The maximum absolute atomic E-state index is 12.0. The first kappa shape index (κ1) is 16.7. The molecule has 0 saturated carbocycles. The van der Waals surface area contributed by atoms with Gasteiger partial charge in [-0.2, -0.15) is 0 Å². The molecule has 0 bridgehead atoms. The summed E-state index contributed by atoms with van der Waals surface area (Å²) in [5, 5.41) is 6.11. The maximum atomic E-state index is 12.0. The summed E-state index contributed by atoms with van der Waals surface area (Å²) in [7, 11) is 1.68. The Hall–Kier alpha value is -1.63. The SMILES string of the molecule is COCCNCCOc1ccc(NC(=O)C2CCOC2)cc1. The third kappa shape index (κ3) is 5.63. The smallest absolute Gasteiger partial charge is 0.229 e. The van der Waals surface area contributed by atoms with Crippen LogP contribution in [-0.4, -0.2) is 52.5 Å². The summed E-state index contributed by atoms with van der Waals surface area (Å²) in [5.41, 5.74) is 0.780. The Morgan fingerprint density at radius 3 is 2.73 bits per heavy atom. The predicted octanol–water partition coefficient (Wildman–Crippen LogP) is 1.28. The molecule has 122 valence electrons. The van der Waals surface area contributed by atoms with Crippen molar-refractivity contribution in [3.63, 3.8) is 0 Å². The molecule has 0 radical (unpaired) electrons. The van der Waals surface area contributed by atoms with Crippen molar-refractivity contribution in [1.82, 2.24) is 5.32 Å². The van der Waals surface area contributed by atoms with Crippen molar-refractivity contribution in [2.45, 2.75) is 6.42 Å². The van der Waals surface area contributed by atoms with Crippen molar-refractivity contribution in [2.24, 2.45) is 5.92 Å². The van der Waals surface area contributed by atoms with E-state index in [1.54, 1.807) is 7.11 Å². The van der Waals surface area contributed by atoms with E-state index in [1.165, 1.54) is 0 Å². The quantitative estimate of drug-likeness (QED) is 0.673. The third-order valence-corrected chi connectivity index (χ3v) is 3.45. The van der Waals surface area contributed by atoms with Crippen molar-refractivity contribution >= 4 is 11.6 Å². The van der Waals surface area contributed by atoms with Crippen molar-refractivity contribution in [3.05, 3.63) is 24.3 Å². The number of carbonyl (C=O) groups is 1. The lowest BCUT2D eigenvalue weighted by atomic mass is 10.1. The number of rotatable bonds is 9. The van der Waals surface area contributed by atoms with Gasteiger partial charge >= 0.3 is 0 Å². The van der Waals surface area contributed by atoms with Crippen LogP contribution in [0.2, 0.25) is 0 Å². The van der Waals surface area contributed by atoms with Gasteiger partial charge in [0.05, 0.1) is 19.1 Å². The number of methoxy groups -OCH3 is 1. The molecule has 2 N–H and O–H groups in total. The average Bonchev–Trinajstić information content (AvgIpc) is 3.07. The molecule has 1 heterocycles. The first-order valence-electron chi connectivity index (χ1n) is 7.60. The minimum Gasteiger partial charge on any atom is -0.492 e. The zero-order chi connectivity index (χ0) is 15.6. The van der Waals surface area contributed by atoms with Gasteiger partial charge in [0.2, 0.25) is 5.91 Å². The standard InChI is InChI=1S/C16H24N2O4/c1-20-10-7-17-8-11-22-15-4-2-14(3-5-15)18-16(19)13-6-9-21-12-13/h2-5,13,17H,6-12H2,1H3,(H,18,19). The van der Waals surface area contributed by atoms with E-state index in [0.29, 0.717) is 26.4 Å². The van der Waals surface area contributed by atoms with Gasteiger partial charge in [-0.25, -0.2) is 0 Å². The molecule has 22 heavy (non-hydrogen) atoms. The Morgan fingerprint density at radius 1 is 1.27 bits per heavy atom. The number of amides is 1. The molecule has 1 saturated heterocycles. The van der Waals surface area contributed by atoms with E-state index in [1.807, 2.05) is 24.3 Å². The molecule has 1 atom stereocenters. The number of anilines is 1. The first-order chi connectivity index (χ1) is 10.8. The van der Waals surface area contributed by atoms with Gasteiger partial charge in [0.25, 0.3) is 0 Å². The highest BCUT2D eigenvalue weighted by Gasteiger charge is 2.23. The summed E-state index contributed by atoms with van der Waals surface area (Å²) >= 11 is 0. The van der Waals surface area contributed by atoms with Crippen molar-refractivity contribution in [2.75, 3.05) is 51.9 Å². The Kier molecular flexibility index (Phi) is 7.15. The normalized spacial score (nSPS) is 17.4. The van der Waals surface area contributed by atoms with Gasteiger partial charge in [-0.3, -0.25) is 4.79 Å². The molecule has 0 aliphatic carbocycles. The number of nitrogens with one attached hydrogen (secondary N) is 2. The summed E-state index contributed by atoms with van der Waals surface area (Å²) in [6, 6.07) is 7.41. The molecule has 1 fully saturated rings. The lowest BCUT2D eigenvalue weighted by Gasteiger charge is -2.11. The highest BCUT2D eigenvalue weighted by Crippen LogP contribution is 2.18. The highest BCUT2D eigenvalue weighted by molar-refractivity contribution is 5.92. The molecule has 6 heteroatoms. The summed E-state index contributed by atoms with van der Waals surface area (Å²) < 4.78 is 15.8. The number of carbonyl (C=O) groups excluding carboxylic acids is 1. The lowest BCUT2D eigenvalue weighted by molar-refractivity contribution is -0.119. The number of benzene rings is 1. The minimum absolute atomic E-state index is 0.0218. The van der Waals surface area contributed by atoms with Crippen LogP contribution >= 0.6 is 0 Å². The fraction of sp³-hybridized carbons (Fsp3) is 0.562. The summed E-state index contributed by atoms with van der Waals surface area (Å²) in [5.74, 6) is 0.776. The van der Waals surface area contributed by atoms with E-state index in [9.17, 15) is 4.79 Å². The van der Waals surface area contributed by atoms with Crippen molar-refractivity contribution in [1.29, 1.82) is 0 Å². The average molecular weight is 308 g/mol. The monoisotopic (exact) mass is 308 g/mol. The largest absolute Gasteiger partial charge is 0.492 e. The molecule has 1 aromatic carbocycles. The zero-order valence-corrected chi connectivity index (χ0v) is 13.0. The lowest BCUT2D eigenvalue weighted by Crippen LogP contribution is -2.24. The van der Waals surface area contributed by atoms with Crippen LogP contribution in [0.25, 0.3) is 0 Å². The third-order valence-electron chi connectivity index (χ3n) is 3.45. The molecular formula is C16H24N2O4. The highest BCUT2D eigenvalue weighted by atomic mass is 16.5. The van der Waals surface area contributed by atoms with Gasteiger partial charge in [0.15, 0.2) is 0 Å². The summed E-state index contributed by atoms with van der Waals surface area (Å²) in [6.07, 6.45) is 0.795. The summed E-state index contributed by atoms with van der Waals surface area (Å²) in [6.45, 7) is 4.06. The van der Waals surface area contributed by atoms with E-state index in [0.717, 1.165) is 30.9 Å². The molecule has 1 unspecified atom stereocenters. The van der Waals surface area contributed by atoms with Crippen LogP contribution in [0.4, 0.5) is 5.69 Å². The van der Waals surface area contributed by atoms with Crippen LogP contribution < -0.4 is 15.4 Å². The molecule has 6 nitrogen and oxygen atoms in total. The van der Waals surface area contributed by atoms with E-state index in [-0.39, 0.29) is 11.8 Å². The van der Waals surface area contributed by atoms with E-state index in [2.05, 4.69) is 10.6 Å². The topological polar surface area (TPSA) is 68.8 Å². The van der Waals surface area contributed by atoms with E-state index >= 15 is 0 Å². The number of hydrogen-bond acceptors (Lipinski definition) is 5. The van der Waals surface area contributed by atoms with Gasteiger partial charge in [-0.15, -0.1) is 0 Å². The number of ether oxygens (including phenoxy) is 3. The number of hydrogen-bond donors (Lipinski definition) is 2. The van der Waals surface area contributed by atoms with Gasteiger partial charge in [0, 0.05) is 32.5 Å². The predicted molar refractivity (Wildman–Crippen MR) is 84.2 cm³/mol. The Labute approximate surface area is 131 Å². The molecule has 2 rings (SSSR count). The van der Waals surface area contributed by atoms with Crippen LogP contribution in [0.3, 0.4) is 0 Å². The zero-order valence-electron chi connectivity index (χ0n) is 13.0. The van der Waals surface area contributed by atoms with Crippen molar-refractivity contribution < 1.29 is 19.0 Å². The molecule has 0 aromatic heterocycles. The fourth-order valence-corrected chi connectivity index (χ4v) is 2.16. The molecular weight excluding hydrogens is 284 g/mol. The van der Waals surface area contributed by atoms with Crippen LogP contribution in [0.15, 0.2) is 24.3 Å². The van der Waals surface area contributed by atoms with Crippen LogP contribution in [0, 0.1) is 5.92 Å². The van der Waals surface area contributed by atoms with Gasteiger partial charge in [0.1, 0.15) is 12.4 Å². The summed E-state index contributed by atoms with van der Waals surface area (Å²) in [4.78, 5) is 12.0. The second kappa shape index (κ2) is 9.40. The van der Waals surface area contributed by atoms with Crippen LogP contribution in [-0.2, 0) is 14.3 Å². The second-order valence-electron chi connectivity index (χ2n) is 5.17. The molecule has 1 amide bonds. The van der Waals surface area contributed by atoms with Crippen molar-refractivity contribution in [3.8, 4) is 5.75 Å². The molecule has 1 aliphatic heterocycles. The molecule has 0 spiro atoms. The van der Waals surface area contributed by atoms with Crippen LogP contribution in [0.5, 0.6) is 5.75 Å². The van der Waals surface area contributed by atoms with Crippen LogP contribution in [0.1, 0.15) is 6.42 Å². The van der Waals surface area contributed by atoms with Gasteiger partial charge in [-0.05, 0) is 30.7 Å². The Balaban J connectivity index is 1.67. The Morgan fingerprint density at radius 2 is 2.05 bits per heavy atom. The molecule has 1 aromatic rings. The molecule has 1 aliphatic rings. The van der Waals surface area contributed by atoms with Gasteiger partial charge in [-0.1, -0.05) is 0 Å². The minimum atomic E-state index is -0.0332. The van der Waals surface area contributed by atoms with Gasteiger partial charge < -0.3 is 24.8 Å². The Bertz CT molecular complexity index is 444. The fourth-order valence-electron chi connectivity index (χ4n) is 2.16. The van der Waals surface area contributed by atoms with E-state index < -0.39 is 0 Å².